The maximum Gasteiger partial charge on any atom is 0.192 e. The van der Waals surface area contributed by atoms with Crippen molar-refractivity contribution in [2.45, 2.75) is 64.1 Å². The topological polar surface area (TPSA) is 38.8 Å². The van der Waals surface area contributed by atoms with Crippen molar-refractivity contribution < 1.29 is 14.0 Å². The lowest BCUT2D eigenvalue weighted by atomic mass is 9.96. The van der Waals surface area contributed by atoms with E-state index >= 15 is 0 Å². The van der Waals surface area contributed by atoms with Crippen LogP contribution in [0.5, 0.6) is 0 Å². The summed E-state index contributed by atoms with van der Waals surface area (Å²) < 4.78 is 11.7. The van der Waals surface area contributed by atoms with Crippen LogP contribution < -0.4 is 0 Å². The highest BCUT2D eigenvalue weighted by Gasteiger charge is 2.53. The molecule has 2 atom stereocenters. The van der Waals surface area contributed by atoms with Crippen LogP contribution in [-0.2, 0) is 26.2 Å². The average Bonchev–Trinajstić information content (AvgIpc) is 3.08. The van der Waals surface area contributed by atoms with Crippen molar-refractivity contribution >= 4 is 14.6 Å². The van der Waals surface area contributed by atoms with Gasteiger partial charge < -0.3 is 14.0 Å². The second-order valence-corrected chi connectivity index (χ2v) is 12.3. The fraction of sp³-hybridized carbons (Fsp3) is 0.588. The Labute approximate surface area is 128 Å². The van der Waals surface area contributed by atoms with Gasteiger partial charge in [-0.15, -0.1) is 0 Å². The van der Waals surface area contributed by atoms with Crippen LogP contribution in [0.4, 0.5) is 0 Å². The quantitative estimate of drug-likeness (QED) is 0.468. The summed E-state index contributed by atoms with van der Waals surface area (Å²) in [5.41, 5.74) is 1.74. The Hall–Kier alpha value is -0.973. The van der Waals surface area contributed by atoms with E-state index in [0.717, 1.165) is 17.4 Å². The van der Waals surface area contributed by atoms with E-state index < -0.39 is 13.9 Å². The maximum absolute atomic E-state index is 10.9. The lowest BCUT2D eigenvalue weighted by Crippen LogP contribution is -2.40. The fourth-order valence-electron chi connectivity index (χ4n) is 2.07. The zero-order valence-electron chi connectivity index (χ0n) is 13.9. The third kappa shape index (κ3) is 3.28. The van der Waals surface area contributed by atoms with Crippen LogP contribution in [0.3, 0.4) is 0 Å². The normalized spacial score (nSPS) is 25.7. The summed E-state index contributed by atoms with van der Waals surface area (Å²) in [6, 6.07) is 8.18. The van der Waals surface area contributed by atoms with Gasteiger partial charge in [0.05, 0.1) is 6.61 Å². The smallest absolute Gasteiger partial charge is 0.192 e. The highest BCUT2D eigenvalue weighted by Crippen LogP contribution is 2.45. The molecule has 1 aromatic carbocycles. The number of carbonyl (C=O) groups is 1. The summed E-state index contributed by atoms with van der Waals surface area (Å²) in [6.07, 6.45) is 0.563. The Balaban J connectivity index is 2.08. The minimum atomic E-state index is -1.74. The van der Waals surface area contributed by atoms with E-state index in [0.29, 0.717) is 6.61 Å². The molecular formula is C17H26O3Si. The van der Waals surface area contributed by atoms with E-state index in [1.165, 1.54) is 0 Å². The van der Waals surface area contributed by atoms with Crippen LogP contribution in [0.25, 0.3) is 0 Å². The summed E-state index contributed by atoms with van der Waals surface area (Å²) in [5.74, 6) is 0. The van der Waals surface area contributed by atoms with Crippen molar-refractivity contribution in [3.8, 4) is 0 Å². The maximum atomic E-state index is 10.9. The SMILES string of the molecule is CC1(c2cccc(CO[Si](C)(C)C(C)(C)C)c2)OC1C=O. The van der Waals surface area contributed by atoms with E-state index in [1.807, 2.05) is 19.1 Å². The number of benzene rings is 1. The summed E-state index contributed by atoms with van der Waals surface area (Å²) >= 11 is 0. The lowest BCUT2D eigenvalue weighted by Gasteiger charge is -2.36. The molecule has 1 aliphatic heterocycles. The van der Waals surface area contributed by atoms with Gasteiger partial charge in [0.1, 0.15) is 11.7 Å². The first kappa shape index (κ1) is 16.4. The second kappa shape index (κ2) is 5.34. The Morgan fingerprint density at radius 3 is 2.57 bits per heavy atom. The van der Waals surface area contributed by atoms with Gasteiger partial charge in [-0.3, -0.25) is 0 Å². The molecule has 4 heteroatoms. The Morgan fingerprint density at radius 1 is 1.38 bits per heavy atom. The standard InChI is InChI=1S/C17H26O3Si/c1-16(2,3)21(5,6)19-12-13-8-7-9-14(10-13)17(4)15(11-18)20-17/h7-11,15H,12H2,1-6H3. The molecule has 116 valence electrons. The van der Waals surface area contributed by atoms with Crippen molar-refractivity contribution in [1.29, 1.82) is 0 Å². The molecular weight excluding hydrogens is 280 g/mol. The van der Waals surface area contributed by atoms with Gasteiger partial charge in [-0.05, 0) is 36.2 Å². The molecule has 1 aromatic rings. The summed E-state index contributed by atoms with van der Waals surface area (Å²) in [6.45, 7) is 13.8. The van der Waals surface area contributed by atoms with Crippen molar-refractivity contribution in [3.63, 3.8) is 0 Å². The zero-order chi connectivity index (χ0) is 15.9. The molecule has 0 aromatic heterocycles. The summed E-state index contributed by atoms with van der Waals surface area (Å²) in [4.78, 5) is 10.9. The minimum Gasteiger partial charge on any atom is -0.413 e. The minimum absolute atomic E-state index is 0.207. The Kier molecular flexibility index (Phi) is 4.17. The van der Waals surface area contributed by atoms with E-state index in [2.05, 4.69) is 46.0 Å². The van der Waals surface area contributed by atoms with Gasteiger partial charge >= 0.3 is 0 Å². The number of carbonyl (C=O) groups excluding carboxylic acids is 1. The van der Waals surface area contributed by atoms with E-state index in [-0.39, 0.29) is 11.1 Å². The molecule has 0 spiro atoms. The van der Waals surface area contributed by atoms with Gasteiger partial charge in [0.2, 0.25) is 0 Å². The van der Waals surface area contributed by atoms with Crippen LogP contribution in [0.1, 0.15) is 38.8 Å². The first-order valence-electron chi connectivity index (χ1n) is 7.47. The van der Waals surface area contributed by atoms with Gasteiger partial charge in [0.25, 0.3) is 0 Å². The molecule has 1 fully saturated rings. The number of aldehydes is 1. The monoisotopic (exact) mass is 306 g/mol. The van der Waals surface area contributed by atoms with E-state index in [1.54, 1.807) is 0 Å². The Bertz CT molecular complexity index is 533. The summed E-state index contributed by atoms with van der Waals surface area (Å²) in [7, 11) is -1.74. The molecule has 0 N–H and O–H groups in total. The molecule has 0 bridgehead atoms. The number of hydrogen-bond donors (Lipinski definition) is 0. The first-order valence-corrected chi connectivity index (χ1v) is 10.4. The summed E-state index contributed by atoms with van der Waals surface area (Å²) in [5, 5.41) is 0.207. The molecule has 0 aliphatic carbocycles. The lowest BCUT2D eigenvalue weighted by molar-refractivity contribution is -0.108. The molecule has 21 heavy (non-hydrogen) atoms. The van der Waals surface area contributed by atoms with Crippen molar-refractivity contribution in [3.05, 3.63) is 35.4 Å². The van der Waals surface area contributed by atoms with Gasteiger partial charge in [-0.1, -0.05) is 45.0 Å². The number of ether oxygens (including phenoxy) is 1. The molecule has 0 radical (unpaired) electrons. The highest BCUT2D eigenvalue weighted by molar-refractivity contribution is 6.74. The largest absolute Gasteiger partial charge is 0.413 e. The van der Waals surface area contributed by atoms with Gasteiger partial charge in [-0.25, -0.2) is 0 Å². The van der Waals surface area contributed by atoms with Crippen molar-refractivity contribution in [2.75, 3.05) is 0 Å². The molecule has 1 aliphatic rings. The zero-order valence-corrected chi connectivity index (χ0v) is 14.9. The van der Waals surface area contributed by atoms with Crippen molar-refractivity contribution in [2.24, 2.45) is 0 Å². The van der Waals surface area contributed by atoms with Crippen LogP contribution in [-0.4, -0.2) is 20.7 Å². The van der Waals surface area contributed by atoms with Crippen LogP contribution in [0.15, 0.2) is 24.3 Å². The molecule has 2 unspecified atom stereocenters. The van der Waals surface area contributed by atoms with E-state index in [4.69, 9.17) is 9.16 Å². The third-order valence-corrected chi connectivity index (χ3v) is 9.37. The van der Waals surface area contributed by atoms with Gasteiger partial charge in [-0.2, -0.15) is 0 Å². The predicted octanol–water partition coefficient (Wildman–Crippen LogP) is 4.02. The number of hydrogen-bond acceptors (Lipinski definition) is 3. The third-order valence-electron chi connectivity index (χ3n) is 4.89. The molecule has 0 amide bonds. The molecule has 1 heterocycles. The van der Waals surface area contributed by atoms with Crippen LogP contribution in [0, 0.1) is 0 Å². The number of rotatable bonds is 5. The first-order chi connectivity index (χ1) is 9.60. The second-order valence-electron chi connectivity index (χ2n) is 7.53. The van der Waals surface area contributed by atoms with Gasteiger partial charge in [0.15, 0.2) is 14.6 Å². The molecule has 3 nitrogen and oxygen atoms in total. The van der Waals surface area contributed by atoms with Crippen LogP contribution in [0.2, 0.25) is 18.1 Å². The fourth-order valence-corrected chi connectivity index (χ4v) is 3.03. The van der Waals surface area contributed by atoms with Crippen LogP contribution >= 0.6 is 0 Å². The predicted molar refractivity (Wildman–Crippen MR) is 86.7 cm³/mol. The van der Waals surface area contributed by atoms with E-state index in [9.17, 15) is 4.79 Å². The van der Waals surface area contributed by atoms with Gasteiger partial charge in [0, 0.05) is 0 Å². The highest BCUT2D eigenvalue weighted by atomic mass is 28.4. The Morgan fingerprint density at radius 2 is 2.05 bits per heavy atom. The molecule has 1 saturated heterocycles. The molecule has 0 saturated carbocycles. The average molecular weight is 306 g/mol. The molecule has 2 rings (SSSR count). The number of epoxide rings is 1. The van der Waals surface area contributed by atoms with Crippen molar-refractivity contribution in [1.82, 2.24) is 0 Å².